The van der Waals surface area contributed by atoms with Gasteiger partial charge in [-0.2, -0.15) is 13.2 Å². The third kappa shape index (κ3) is 3.20. The lowest BCUT2D eigenvalue weighted by Crippen LogP contribution is -2.40. The Labute approximate surface area is 80.9 Å². The quantitative estimate of drug-likeness (QED) is 0.705. The van der Waals surface area contributed by atoms with Crippen molar-refractivity contribution in [2.45, 2.75) is 44.8 Å². The van der Waals surface area contributed by atoms with Crippen molar-refractivity contribution in [3.8, 4) is 0 Å². The minimum Gasteiger partial charge on any atom is -0.354 e. The van der Waals surface area contributed by atoms with Crippen LogP contribution in [-0.2, 0) is 4.79 Å². The first-order chi connectivity index (χ1) is 6.39. The van der Waals surface area contributed by atoms with Crippen molar-refractivity contribution in [2.75, 3.05) is 0 Å². The highest BCUT2D eigenvalue weighted by molar-refractivity contribution is 5.73. The van der Waals surface area contributed by atoms with Gasteiger partial charge in [-0.25, -0.2) is 0 Å². The van der Waals surface area contributed by atoms with Gasteiger partial charge in [0.25, 0.3) is 0 Å². The lowest BCUT2D eigenvalue weighted by atomic mass is 9.85. The molecule has 0 spiro atoms. The molecule has 0 aromatic carbocycles. The molecule has 82 valence electrons. The summed E-state index contributed by atoms with van der Waals surface area (Å²) in [6.07, 6.45) is -2.69. The zero-order valence-corrected chi connectivity index (χ0v) is 8.03. The predicted octanol–water partition coefficient (Wildman–Crippen LogP) is 2.24. The molecule has 0 aliphatic heterocycles. The summed E-state index contributed by atoms with van der Waals surface area (Å²) in [5.74, 6) is -1.49. The Morgan fingerprint density at radius 1 is 1.36 bits per heavy atom. The van der Waals surface area contributed by atoms with Crippen molar-refractivity contribution in [3.05, 3.63) is 0 Å². The lowest BCUT2D eigenvalue weighted by molar-refractivity contribution is -0.184. The maximum atomic E-state index is 12.3. The number of alkyl halides is 3. The van der Waals surface area contributed by atoms with Crippen LogP contribution in [0.4, 0.5) is 13.2 Å². The van der Waals surface area contributed by atoms with Crippen LogP contribution < -0.4 is 5.32 Å². The summed E-state index contributed by atoms with van der Waals surface area (Å²) in [5.41, 5.74) is 0. The van der Waals surface area contributed by atoms with E-state index in [9.17, 15) is 18.0 Å². The van der Waals surface area contributed by atoms with Crippen molar-refractivity contribution >= 4 is 5.91 Å². The molecule has 14 heavy (non-hydrogen) atoms. The van der Waals surface area contributed by atoms with E-state index in [0.29, 0.717) is 12.8 Å². The van der Waals surface area contributed by atoms with Crippen LogP contribution in [0.1, 0.15) is 32.6 Å². The second-order valence-electron chi connectivity index (χ2n) is 3.80. The Kier molecular flexibility index (Phi) is 3.39. The van der Waals surface area contributed by atoms with Crippen molar-refractivity contribution in [1.82, 2.24) is 5.32 Å². The Hall–Kier alpha value is -0.740. The molecule has 2 nitrogen and oxygen atoms in total. The molecule has 1 aliphatic carbocycles. The summed E-state index contributed by atoms with van der Waals surface area (Å²) in [4.78, 5) is 10.7. The van der Waals surface area contributed by atoms with E-state index < -0.39 is 12.1 Å². The van der Waals surface area contributed by atoms with Gasteiger partial charge in [0.05, 0.1) is 5.92 Å². The van der Waals surface area contributed by atoms with Crippen molar-refractivity contribution in [3.63, 3.8) is 0 Å². The maximum absolute atomic E-state index is 12.3. The average Bonchev–Trinajstić information content (AvgIpc) is 2.01. The third-order valence-electron chi connectivity index (χ3n) is 2.54. The number of hydrogen-bond donors (Lipinski definition) is 1. The number of carbonyl (C=O) groups is 1. The fourth-order valence-corrected chi connectivity index (χ4v) is 1.91. The van der Waals surface area contributed by atoms with Gasteiger partial charge in [0, 0.05) is 13.0 Å². The summed E-state index contributed by atoms with van der Waals surface area (Å²) < 4.78 is 37.0. The van der Waals surface area contributed by atoms with Crippen LogP contribution >= 0.6 is 0 Å². The Bertz CT molecular complexity index is 215. The molecule has 0 saturated heterocycles. The fraction of sp³-hybridized carbons (Fsp3) is 0.889. The molecular weight excluding hydrogens is 195 g/mol. The van der Waals surface area contributed by atoms with Crippen LogP contribution in [0.15, 0.2) is 0 Å². The van der Waals surface area contributed by atoms with E-state index in [1.54, 1.807) is 0 Å². The Morgan fingerprint density at radius 3 is 2.50 bits per heavy atom. The highest BCUT2D eigenvalue weighted by atomic mass is 19.4. The van der Waals surface area contributed by atoms with Gasteiger partial charge >= 0.3 is 6.18 Å². The summed E-state index contributed by atoms with van der Waals surface area (Å²) in [5, 5.41) is 2.54. The highest BCUT2D eigenvalue weighted by Gasteiger charge is 2.42. The molecule has 0 heterocycles. The van der Waals surface area contributed by atoms with Crippen LogP contribution in [0.25, 0.3) is 0 Å². The van der Waals surface area contributed by atoms with Gasteiger partial charge in [-0.3, -0.25) is 4.79 Å². The third-order valence-corrected chi connectivity index (χ3v) is 2.54. The first kappa shape index (κ1) is 11.3. The molecule has 0 aromatic heterocycles. The van der Waals surface area contributed by atoms with Gasteiger partial charge in [0.2, 0.25) is 5.91 Å². The minimum atomic E-state index is -4.11. The van der Waals surface area contributed by atoms with Crippen LogP contribution in [0, 0.1) is 5.92 Å². The highest BCUT2D eigenvalue weighted by Crippen LogP contribution is 2.37. The largest absolute Gasteiger partial charge is 0.391 e. The summed E-state index contributed by atoms with van der Waals surface area (Å²) in [6.45, 7) is 1.33. The Morgan fingerprint density at radius 2 is 2.00 bits per heavy atom. The van der Waals surface area contributed by atoms with Crippen LogP contribution in [0.2, 0.25) is 0 Å². The first-order valence-corrected chi connectivity index (χ1v) is 4.73. The SMILES string of the molecule is CC(=O)NC1CCCC(C(F)(F)F)C1. The monoisotopic (exact) mass is 209 g/mol. The van der Waals surface area contributed by atoms with E-state index in [1.807, 2.05) is 0 Å². The Balaban J connectivity index is 2.48. The molecule has 2 atom stereocenters. The molecule has 1 aliphatic rings. The normalized spacial score (nSPS) is 28.6. The predicted molar refractivity (Wildman–Crippen MR) is 45.6 cm³/mol. The van der Waals surface area contributed by atoms with Gasteiger partial charge in [0.15, 0.2) is 0 Å². The van der Waals surface area contributed by atoms with E-state index in [1.165, 1.54) is 6.92 Å². The zero-order valence-electron chi connectivity index (χ0n) is 8.03. The fourth-order valence-electron chi connectivity index (χ4n) is 1.91. The molecular formula is C9H14F3NO. The number of halogens is 3. The molecule has 2 unspecified atom stereocenters. The summed E-state index contributed by atoms with van der Waals surface area (Å²) in [6, 6.07) is -0.298. The van der Waals surface area contributed by atoms with Crippen molar-refractivity contribution in [2.24, 2.45) is 5.92 Å². The molecule has 5 heteroatoms. The van der Waals surface area contributed by atoms with Crippen LogP contribution in [0.5, 0.6) is 0 Å². The van der Waals surface area contributed by atoms with E-state index in [-0.39, 0.29) is 24.8 Å². The van der Waals surface area contributed by atoms with Crippen molar-refractivity contribution < 1.29 is 18.0 Å². The second kappa shape index (κ2) is 4.19. The minimum absolute atomic E-state index is 0.0308. The van der Waals surface area contributed by atoms with Gasteiger partial charge in [-0.05, 0) is 19.3 Å². The lowest BCUT2D eigenvalue weighted by Gasteiger charge is -2.30. The standard InChI is InChI=1S/C9H14F3NO/c1-6(14)13-8-4-2-3-7(5-8)9(10,11)12/h7-8H,2-5H2,1H3,(H,13,14). The molecule has 1 N–H and O–H groups in total. The van der Waals surface area contributed by atoms with E-state index >= 15 is 0 Å². The van der Waals surface area contributed by atoms with E-state index in [4.69, 9.17) is 0 Å². The van der Waals surface area contributed by atoms with Crippen molar-refractivity contribution in [1.29, 1.82) is 0 Å². The molecule has 0 radical (unpaired) electrons. The first-order valence-electron chi connectivity index (χ1n) is 4.73. The number of hydrogen-bond acceptors (Lipinski definition) is 1. The number of amides is 1. The molecule has 0 aromatic rings. The second-order valence-corrected chi connectivity index (χ2v) is 3.80. The zero-order chi connectivity index (χ0) is 10.8. The van der Waals surface area contributed by atoms with Gasteiger partial charge in [-0.15, -0.1) is 0 Å². The van der Waals surface area contributed by atoms with E-state index in [2.05, 4.69) is 5.32 Å². The van der Waals surface area contributed by atoms with Gasteiger partial charge < -0.3 is 5.32 Å². The average molecular weight is 209 g/mol. The van der Waals surface area contributed by atoms with Gasteiger partial charge in [-0.1, -0.05) is 6.42 Å². The number of rotatable bonds is 1. The summed E-state index contributed by atoms with van der Waals surface area (Å²) in [7, 11) is 0. The molecule has 1 fully saturated rings. The molecule has 1 rings (SSSR count). The smallest absolute Gasteiger partial charge is 0.354 e. The molecule has 1 saturated carbocycles. The molecule has 1 amide bonds. The van der Waals surface area contributed by atoms with Gasteiger partial charge in [0.1, 0.15) is 0 Å². The number of carbonyl (C=O) groups excluding carboxylic acids is 1. The topological polar surface area (TPSA) is 29.1 Å². The maximum Gasteiger partial charge on any atom is 0.391 e. The summed E-state index contributed by atoms with van der Waals surface area (Å²) >= 11 is 0. The van der Waals surface area contributed by atoms with E-state index in [0.717, 1.165) is 0 Å². The molecule has 0 bridgehead atoms. The van der Waals surface area contributed by atoms with Crippen LogP contribution in [0.3, 0.4) is 0 Å². The number of nitrogens with one attached hydrogen (secondary N) is 1. The van der Waals surface area contributed by atoms with Crippen LogP contribution in [-0.4, -0.2) is 18.1 Å².